The maximum absolute atomic E-state index is 9.44. The Morgan fingerprint density at radius 3 is 3.07 bits per heavy atom. The monoisotopic (exact) mass is 194 g/mol. The van der Waals surface area contributed by atoms with Gasteiger partial charge in [-0.05, 0) is 6.92 Å². The Labute approximate surface area is 81.2 Å². The molecule has 0 saturated carbocycles. The van der Waals surface area contributed by atoms with Crippen LogP contribution in [0.4, 0.5) is 0 Å². The summed E-state index contributed by atoms with van der Waals surface area (Å²) in [6, 6.07) is 1.88. The number of nitrogens with one attached hydrogen (secondary N) is 1. The Morgan fingerprint density at radius 1 is 1.71 bits per heavy atom. The van der Waals surface area contributed by atoms with Gasteiger partial charge in [-0.25, -0.2) is 0 Å². The van der Waals surface area contributed by atoms with Gasteiger partial charge in [0, 0.05) is 12.6 Å². The summed E-state index contributed by atoms with van der Waals surface area (Å²) in [5.74, 6) is 0.123. The van der Waals surface area contributed by atoms with Gasteiger partial charge in [-0.1, -0.05) is 0 Å². The molecule has 1 fully saturated rings. The molecule has 0 aromatic carbocycles. The molecular formula is C9H10N2O3. The van der Waals surface area contributed by atoms with Crippen molar-refractivity contribution in [1.82, 2.24) is 5.32 Å². The summed E-state index contributed by atoms with van der Waals surface area (Å²) in [4.78, 5) is 0. The van der Waals surface area contributed by atoms with E-state index in [1.165, 1.54) is 0 Å². The molecule has 0 radical (unpaired) electrons. The number of hydrogen-bond donors (Lipinski definition) is 2. The third-order valence-corrected chi connectivity index (χ3v) is 2.18. The average molecular weight is 194 g/mol. The van der Waals surface area contributed by atoms with E-state index in [4.69, 9.17) is 14.7 Å². The SMILES string of the molecule is CC1=CC2(NCCO2)C(C#N)=C(O)O1. The molecule has 2 aliphatic heterocycles. The molecule has 1 saturated heterocycles. The van der Waals surface area contributed by atoms with E-state index in [0.29, 0.717) is 18.9 Å². The van der Waals surface area contributed by atoms with Crippen molar-refractivity contribution < 1.29 is 14.6 Å². The molecule has 74 valence electrons. The first-order valence-electron chi connectivity index (χ1n) is 4.28. The van der Waals surface area contributed by atoms with Crippen LogP contribution in [0, 0.1) is 11.3 Å². The molecule has 1 unspecified atom stereocenters. The number of allylic oxidation sites excluding steroid dienone is 1. The molecular weight excluding hydrogens is 184 g/mol. The number of hydrogen-bond acceptors (Lipinski definition) is 5. The van der Waals surface area contributed by atoms with Gasteiger partial charge in [-0.2, -0.15) is 5.26 Å². The first-order chi connectivity index (χ1) is 6.68. The van der Waals surface area contributed by atoms with Gasteiger partial charge >= 0.3 is 5.95 Å². The van der Waals surface area contributed by atoms with Gasteiger partial charge in [0.2, 0.25) is 0 Å². The number of nitrogens with zero attached hydrogens (tertiary/aromatic N) is 1. The minimum atomic E-state index is -0.985. The normalized spacial score (nSPS) is 31.3. The van der Waals surface area contributed by atoms with Crippen molar-refractivity contribution in [3.8, 4) is 6.07 Å². The van der Waals surface area contributed by atoms with Gasteiger partial charge in [0.15, 0.2) is 11.3 Å². The van der Waals surface area contributed by atoms with Crippen molar-refractivity contribution in [2.24, 2.45) is 0 Å². The molecule has 2 aliphatic rings. The molecule has 5 heteroatoms. The summed E-state index contributed by atoms with van der Waals surface area (Å²) < 4.78 is 10.3. The summed E-state index contributed by atoms with van der Waals surface area (Å²) in [6.45, 7) is 2.83. The number of rotatable bonds is 0. The van der Waals surface area contributed by atoms with Crippen LogP contribution in [-0.4, -0.2) is 24.0 Å². The minimum Gasteiger partial charge on any atom is -0.480 e. The lowest BCUT2D eigenvalue weighted by atomic mass is 10.0. The molecule has 5 nitrogen and oxygen atoms in total. The van der Waals surface area contributed by atoms with Gasteiger partial charge in [-0.3, -0.25) is 5.32 Å². The predicted molar refractivity (Wildman–Crippen MR) is 46.8 cm³/mol. The largest absolute Gasteiger partial charge is 0.480 e. The molecule has 0 aliphatic carbocycles. The quantitative estimate of drug-likeness (QED) is 0.588. The zero-order valence-electron chi connectivity index (χ0n) is 7.70. The zero-order chi connectivity index (χ0) is 10.2. The van der Waals surface area contributed by atoms with E-state index >= 15 is 0 Å². The second-order valence-corrected chi connectivity index (χ2v) is 3.16. The molecule has 1 atom stereocenters. The molecule has 2 rings (SSSR count). The van der Waals surface area contributed by atoms with E-state index < -0.39 is 5.72 Å². The zero-order valence-corrected chi connectivity index (χ0v) is 7.70. The van der Waals surface area contributed by atoms with Crippen molar-refractivity contribution >= 4 is 0 Å². The highest BCUT2D eigenvalue weighted by Crippen LogP contribution is 2.31. The third kappa shape index (κ3) is 1.16. The van der Waals surface area contributed by atoms with E-state index in [2.05, 4.69) is 5.32 Å². The highest BCUT2D eigenvalue weighted by Gasteiger charge is 2.43. The molecule has 0 aromatic rings. The first-order valence-corrected chi connectivity index (χ1v) is 4.28. The van der Waals surface area contributed by atoms with Gasteiger partial charge < -0.3 is 14.6 Å². The summed E-state index contributed by atoms with van der Waals surface area (Å²) in [7, 11) is 0. The Kier molecular flexibility index (Phi) is 1.95. The van der Waals surface area contributed by atoms with Crippen LogP contribution in [0.2, 0.25) is 0 Å². The summed E-state index contributed by atoms with van der Waals surface area (Å²) >= 11 is 0. The second-order valence-electron chi connectivity index (χ2n) is 3.16. The lowest BCUT2D eigenvalue weighted by Gasteiger charge is -2.28. The van der Waals surface area contributed by atoms with Crippen molar-refractivity contribution in [3.05, 3.63) is 23.4 Å². The summed E-state index contributed by atoms with van der Waals surface area (Å²) in [6.07, 6.45) is 1.65. The molecule has 0 amide bonds. The fourth-order valence-electron chi connectivity index (χ4n) is 1.63. The van der Waals surface area contributed by atoms with Crippen LogP contribution in [0.1, 0.15) is 6.92 Å². The third-order valence-electron chi connectivity index (χ3n) is 2.18. The van der Waals surface area contributed by atoms with Gasteiger partial charge in [-0.15, -0.1) is 0 Å². The smallest absolute Gasteiger partial charge is 0.301 e. The fourth-order valence-corrected chi connectivity index (χ4v) is 1.63. The average Bonchev–Trinajstić information content (AvgIpc) is 2.53. The van der Waals surface area contributed by atoms with Crippen molar-refractivity contribution in [1.29, 1.82) is 5.26 Å². The maximum atomic E-state index is 9.44. The summed E-state index contributed by atoms with van der Waals surface area (Å²) in [5, 5.41) is 21.3. The van der Waals surface area contributed by atoms with E-state index in [9.17, 15) is 5.11 Å². The van der Waals surface area contributed by atoms with E-state index in [0.717, 1.165) is 0 Å². The molecule has 14 heavy (non-hydrogen) atoms. The summed E-state index contributed by atoms with van der Waals surface area (Å²) in [5.41, 5.74) is -0.915. The van der Waals surface area contributed by atoms with Crippen LogP contribution >= 0.6 is 0 Å². The van der Waals surface area contributed by atoms with Crippen LogP contribution < -0.4 is 5.32 Å². The lowest BCUT2D eigenvalue weighted by molar-refractivity contribution is 0.0329. The second kappa shape index (κ2) is 3.01. The number of aliphatic hydroxyl groups excluding tert-OH is 1. The Morgan fingerprint density at radius 2 is 2.50 bits per heavy atom. The minimum absolute atomic E-state index is 0.0700. The number of aliphatic hydroxyl groups is 1. The molecule has 0 aromatic heterocycles. The molecule has 1 spiro atoms. The van der Waals surface area contributed by atoms with E-state index in [-0.39, 0.29) is 11.5 Å². The van der Waals surface area contributed by atoms with E-state index in [1.807, 2.05) is 6.07 Å². The molecule has 2 N–H and O–H groups in total. The predicted octanol–water partition coefficient (Wildman–Crippen LogP) is 0.530. The van der Waals surface area contributed by atoms with Crippen molar-refractivity contribution in [3.63, 3.8) is 0 Å². The Hall–Kier alpha value is -1.51. The first kappa shape index (κ1) is 9.06. The number of ether oxygens (including phenoxy) is 2. The van der Waals surface area contributed by atoms with Crippen LogP contribution in [0.5, 0.6) is 0 Å². The maximum Gasteiger partial charge on any atom is 0.301 e. The van der Waals surface area contributed by atoms with E-state index in [1.54, 1.807) is 13.0 Å². The van der Waals surface area contributed by atoms with Crippen LogP contribution in [0.15, 0.2) is 23.4 Å². The van der Waals surface area contributed by atoms with Gasteiger partial charge in [0.1, 0.15) is 11.8 Å². The van der Waals surface area contributed by atoms with Crippen molar-refractivity contribution in [2.45, 2.75) is 12.6 Å². The van der Waals surface area contributed by atoms with Gasteiger partial charge in [0.25, 0.3) is 0 Å². The molecule has 2 heterocycles. The van der Waals surface area contributed by atoms with Crippen molar-refractivity contribution in [2.75, 3.05) is 13.2 Å². The van der Waals surface area contributed by atoms with Crippen LogP contribution in [0.25, 0.3) is 0 Å². The molecule has 0 bridgehead atoms. The highest BCUT2D eigenvalue weighted by molar-refractivity contribution is 5.40. The standard InChI is InChI=1S/C9H10N2O3/c1-6-4-9(11-2-3-13-9)7(5-10)8(12)14-6/h4,11-12H,2-3H2,1H3. The fraction of sp³-hybridized carbons (Fsp3) is 0.444. The Balaban J connectivity index is 2.46. The Bertz CT molecular complexity index is 359. The van der Waals surface area contributed by atoms with Crippen LogP contribution in [-0.2, 0) is 9.47 Å². The highest BCUT2D eigenvalue weighted by atomic mass is 16.6. The topological polar surface area (TPSA) is 74.5 Å². The lowest BCUT2D eigenvalue weighted by Crippen LogP contribution is -2.43. The number of nitriles is 1. The van der Waals surface area contributed by atoms with Gasteiger partial charge in [0.05, 0.1) is 6.61 Å². The van der Waals surface area contributed by atoms with Crippen LogP contribution in [0.3, 0.4) is 0 Å².